The molecule has 3 nitrogen and oxygen atoms in total. The molecule has 0 amide bonds. The molecule has 0 radical (unpaired) electrons. The van der Waals surface area contributed by atoms with Gasteiger partial charge in [-0.15, -0.1) is 0 Å². The number of phenolic OH excluding ortho intramolecular Hbond substituents is 1. The fourth-order valence-corrected chi connectivity index (χ4v) is 1.97. The zero-order chi connectivity index (χ0) is 19.6. The van der Waals surface area contributed by atoms with Crippen LogP contribution in [0.15, 0.2) is 72.8 Å². The molecule has 0 atom stereocenters. The topological polar surface area (TPSA) is 38.7 Å². The van der Waals surface area contributed by atoms with Gasteiger partial charge in [-0.2, -0.15) is 0 Å². The molecule has 0 spiro atoms. The molecule has 0 aromatic heterocycles. The Morgan fingerprint density at radius 3 is 1.30 bits per heavy atom. The monoisotopic (exact) mass is 364 g/mol. The molecule has 0 aliphatic rings. The minimum Gasteiger partial charge on any atom is -0.508 e. The Kier molecular flexibility index (Phi) is 7.75. The maximum Gasteiger partial charge on any atom is 0.127 e. The van der Waals surface area contributed by atoms with Gasteiger partial charge in [0.15, 0.2) is 0 Å². The van der Waals surface area contributed by atoms with Crippen LogP contribution in [0.2, 0.25) is 0 Å². The molecule has 142 valence electrons. The lowest BCUT2D eigenvalue weighted by Gasteiger charge is -2.08. The molecule has 0 aliphatic heterocycles. The van der Waals surface area contributed by atoms with Crippen LogP contribution < -0.4 is 9.47 Å². The van der Waals surface area contributed by atoms with Crippen LogP contribution in [0.4, 0.5) is 0 Å². The molecule has 1 N–H and O–H groups in total. The summed E-state index contributed by atoms with van der Waals surface area (Å²) in [5, 5.41) is 9.24. The molecule has 0 fully saturated rings. The van der Waals surface area contributed by atoms with Crippen LogP contribution in [0.3, 0.4) is 0 Å². The van der Waals surface area contributed by atoms with Gasteiger partial charge in [0, 0.05) is 0 Å². The minimum absolute atomic E-state index is 0.217. The summed E-state index contributed by atoms with van der Waals surface area (Å²) < 4.78 is 11.5. The highest BCUT2D eigenvalue weighted by atomic mass is 16.5. The summed E-state index contributed by atoms with van der Waals surface area (Å²) in [7, 11) is 0. The first-order valence-electron chi connectivity index (χ1n) is 9.27. The molecular formula is C24H28O3. The number of hydrogen-bond donors (Lipinski definition) is 1. The van der Waals surface area contributed by atoms with Gasteiger partial charge in [-0.1, -0.05) is 44.9 Å². The standard InChI is InChI=1S/C19H16O3.C5H12/c1-14-2-6-16(7-3-14)21-18-10-12-19(13-11-18)22-17-8-4-15(20)5-9-17;1-4-5(2)3/h2-13,20H,1H3;5H,4H2,1-3H3. The molecule has 0 heterocycles. The fraction of sp³-hybridized carbons (Fsp3) is 0.250. The number of aryl methyl sites for hydroxylation is 1. The van der Waals surface area contributed by atoms with Crippen molar-refractivity contribution >= 4 is 0 Å². The van der Waals surface area contributed by atoms with Crippen LogP contribution in [-0.4, -0.2) is 5.11 Å². The first kappa shape index (κ1) is 20.4. The average molecular weight is 364 g/mol. The summed E-state index contributed by atoms with van der Waals surface area (Å²) in [4.78, 5) is 0. The van der Waals surface area contributed by atoms with Crippen LogP contribution in [0.25, 0.3) is 0 Å². The van der Waals surface area contributed by atoms with Crippen molar-refractivity contribution in [2.24, 2.45) is 5.92 Å². The summed E-state index contributed by atoms with van der Waals surface area (Å²) in [6.45, 7) is 8.68. The summed E-state index contributed by atoms with van der Waals surface area (Å²) in [6.07, 6.45) is 1.31. The van der Waals surface area contributed by atoms with Crippen molar-refractivity contribution < 1.29 is 14.6 Å². The molecule has 27 heavy (non-hydrogen) atoms. The van der Waals surface area contributed by atoms with Crippen molar-refractivity contribution in [2.75, 3.05) is 0 Å². The first-order valence-corrected chi connectivity index (χ1v) is 9.27. The molecular weight excluding hydrogens is 336 g/mol. The Balaban J connectivity index is 0.000000465. The van der Waals surface area contributed by atoms with Crippen molar-refractivity contribution in [1.29, 1.82) is 0 Å². The Labute approximate surface area is 162 Å². The number of hydrogen-bond acceptors (Lipinski definition) is 3. The van der Waals surface area contributed by atoms with E-state index in [1.54, 1.807) is 24.3 Å². The van der Waals surface area contributed by atoms with Crippen LogP contribution in [0.5, 0.6) is 28.7 Å². The predicted octanol–water partition coefficient (Wildman–Crippen LogP) is 7.34. The van der Waals surface area contributed by atoms with E-state index in [2.05, 4.69) is 20.8 Å². The summed E-state index contributed by atoms with van der Waals surface area (Å²) >= 11 is 0. The van der Waals surface area contributed by atoms with E-state index in [1.165, 1.54) is 12.0 Å². The first-order chi connectivity index (χ1) is 13.0. The lowest BCUT2D eigenvalue weighted by Crippen LogP contribution is -1.86. The van der Waals surface area contributed by atoms with Gasteiger partial charge in [0.25, 0.3) is 0 Å². The van der Waals surface area contributed by atoms with E-state index in [0.717, 1.165) is 17.4 Å². The molecule has 0 unspecified atom stereocenters. The maximum absolute atomic E-state index is 9.24. The van der Waals surface area contributed by atoms with Crippen molar-refractivity contribution in [3.63, 3.8) is 0 Å². The quantitative estimate of drug-likeness (QED) is 0.515. The van der Waals surface area contributed by atoms with Crippen molar-refractivity contribution in [2.45, 2.75) is 34.1 Å². The van der Waals surface area contributed by atoms with Gasteiger partial charge in [-0.05, 0) is 73.5 Å². The van der Waals surface area contributed by atoms with Crippen LogP contribution in [0, 0.1) is 12.8 Å². The smallest absolute Gasteiger partial charge is 0.127 e. The van der Waals surface area contributed by atoms with E-state index < -0.39 is 0 Å². The van der Waals surface area contributed by atoms with Crippen LogP contribution >= 0.6 is 0 Å². The Morgan fingerprint density at radius 1 is 0.667 bits per heavy atom. The Hall–Kier alpha value is -2.94. The second-order valence-electron chi connectivity index (χ2n) is 6.78. The summed E-state index contributed by atoms with van der Waals surface area (Å²) in [6, 6.07) is 21.9. The zero-order valence-electron chi connectivity index (χ0n) is 16.5. The second kappa shape index (κ2) is 10.3. The third-order valence-corrected chi connectivity index (χ3v) is 3.97. The van der Waals surface area contributed by atoms with Gasteiger partial charge in [0.05, 0.1) is 0 Å². The van der Waals surface area contributed by atoms with E-state index in [9.17, 15) is 5.11 Å². The van der Waals surface area contributed by atoms with Crippen molar-refractivity contribution in [1.82, 2.24) is 0 Å². The molecule has 3 rings (SSSR count). The molecule has 0 saturated carbocycles. The van der Waals surface area contributed by atoms with Gasteiger partial charge in [-0.25, -0.2) is 0 Å². The minimum atomic E-state index is 0.217. The van der Waals surface area contributed by atoms with Gasteiger partial charge >= 0.3 is 0 Å². The molecule has 0 bridgehead atoms. The highest BCUT2D eigenvalue weighted by Crippen LogP contribution is 2.27. The van der Waals surface area contributed by atoms with Crippen molar-refractivity contribution in [3.05, 3.63) is 78.4 Å². The van der Waals surface area contributed by atoms with E-state index in [-0.39, 0.29) is 5.75 Å². The molecule has 3 heteroatoms. The van der Waals surface area contributed by atoms with Crippen LogP contribution in [0.1, 0.15) is 32.8 Å². The second-order valence-corrected chi connectivity index (χ2v) is 6.78. The highest BCUT2D eigenvalue weighted by Gasteiger charge is 2.00. The van der Waals surface area contributed by atoms with Gasteiger partial charge in [0.2, 0.25) is 0 Å². The number of phenols is 1. The molecule has 0 aliphatic carbocycles. The lowest BCUT2D eigenvalue weighted by atomic mass is 10.2. The van der Waals surface area contributed by atoms with Gasteiger partial charge in [-0.3, -0.25) is 0 Å². The maximum atomic E-state index is 9.24. The fourth-order valence-electron chi connectivity index (χ4n) is 1.97. The van der Waals surface area contributed by atoms with Gasteiger partial charge in [0.1, 0.15) is 28.7 Å². The van der Waals surface area contributed by atoms with Crippen LogP contribution in [-0.2, 0) is 0 Å². The number of ether oxygens (including phenoxy) is 2. The van der Waals surface area contributed by atoms with Gasteiger partial charge < -0.3 is 14.6 Å². The molecule has 3 aromatic carbocycles. The zero-order valence-corrected chi connectivity index (χ0v) is 16.5. The third kappa shape index (κ3) is 7.45. The summed E-state index contributed by atoms with van der Waals surface area (Å²) in [5.41, 5.74) is 1.20. The summed E-state index contributed by atoms with van der Waals surface area (Å²) in [5.74, 6) is 4.04. The van der Waals surface area contributed by atoms with E-state index in [4.69, 9.17) is 9.47 Å². The lowest BCUT2D eigenvalue weighted by molar-refractivity contribution is 0.461. The third-order valence-electron chi connectivity index (χ3n) is 3.97. The van der Waals surface area contributed by atoms with E-state index in [1.807, 2.05) is 55.5 Å². The number of rotatable bonds is 5. The SMILES string of the molecule is CCC(C)C.Cc1ccc(Oc2ccc(Oc3ccc(O)cc3)cc2)cc1. The number of aromatic hydroxyl groups is 1. The van der Waals surface area contributed by atoms with E-state index in [0.29, 0.717) is 11.5 Å². The van der Waals surface area contributed by atoms with E-state index >= 15 is 0 Å². The normalized spacial score (nSPS) is 10.1. The number of benzene rings is 3. The Morgan fingerprint density at radius 2 is 0.963 bits per heavy atom. The largest absolute Gasteiger partial charge is 0.508 e. The van der Waals surface area contributed by atoms with Crippen molar-refractivity contribution in [3.8, 4) is 28.7 Å². The highest BCUT2D eigenvalue weighted by molar-refractivity contribution is 5.39. The molecule has 3 aromatic rings. The average Bonchev–Trinajstić information content (AvgIpc) is 2.67. The Bertz CT molecular complexity index is 722. The predicted molar refractivity (Wildman–Crippen MR) is 111 cm³/mol. The molecule has 0 saturated heterocycles.